The van der Waals surface area contributed by atoms with Crippen LogP contribution in [0.5, 0.6) is 17.2 Å². The minimum atomic E-state index is 0.357. The Bertz CT molecular complexity index is 1280. The maximum Gasteiger partial charge on any atom is 0.163 e. The molecule has 1 aromatic heterocycles. The van der Waals surface area contributed by atoms with Crippen LogP contribution in [0.4, 0.5) is 11.4 Å². The van der Waals surface area contributed by atoms with Crippen LogP contribution in [0.3, 0.4) is 0 Å². The lowest BCUT2D eigenvalue weighted by atomic mass is 10.1. The van der Waals surface area contributed by atoms with Gasteiger partial charge in [0, 0.05) is 56.4 Å². The number of rotatable bonds is 9. The van der Waals surface area contributed by atoms with Crippen molar-refractivity contribution in [3.05, 3.63) is 46.1 Å². The molecule has 2 aromatic carbocycles. The second kappa shape index (κ2) is 14.2. The average molecular weight is 561 g/mol. The van der Waals surface area contributed by atoms with Gasteiger partial charge >= 0.3 is 0 Å². The van der Waals surface area contributed by atoms with Gasteiger partial charge in [-0.05, 0) is 25.6 Å². The lowest BCUT2D eigenvalue weighted by Gasteiger charge is -2.32. The highest BCUT2D eigenvalue weighted by atomic mass is 35.5. The zero-order valence-corrected chi connectivity index (χ0v) is 23.5. The monoisotopic (exact) mass is 560 g/mol. The van der Waals surface area contributed by atoms with Gasteiger partial charge in [0.05, 0.1) is 53.3 Å². The number of nitrogens with one attached hydrogen (secondary N) is 1. The quantitative estimate of drug-likeness (QED) is 0.386. The number of ether oxygens (including phenoxy) is 3. The smallest absolute Gasteiger partial charge is 0.163 e. The van der Waals surface area contributed by atoms with E-state index in [1.165, 1.54) is 13.3 Å². The van der Waals surface area contributed by atoms with E-state index in [0.717, 1.165) is 46.3 Å². The first kappa shape index (κ1) is 29.6. The van der Waals surface area contributed by atoms with E-state index in [0.29, 0.717) is 61.7 Å². The average Bonchev–Trinajstić information content (AvgIpc) is 2.94. The second-order valence-corrected chi connectivity index (χ2v) is 9.43. The number of nitrogens with zero attached hydrogens (tertiary/aromatic N) is 4. The molecule has 11 heteroatoms. The summed E-state index contributed by atoms with van der Waals surface area (Å²) in [6.07, 6.45) is 2.44. The van der Waals surface area contributed by atoms with Crippen molar-refractivity contribution < 1.29 is 19.3 Å². The van der Waals surface area contributed by atoms with Gasteiger partial charge in [0.2, 0.25) is 0 Å². The molecule has 0 unspecified atom stereocenters. The maximum atomic E-state index is 9.75. The molecule has 38 heavy (non-hydrogen) atoms. The van der Waals surface area contributed by atoms with Crippen LogP contribution in [0.2, 0.25) is 10.0 Å². The molecule has 1 aliphatic heterocycles. The standard InChI is InChI=1S/C26H29Cl2N5O3.CH3O/c1-32-6-8-33(9-7-32)5-4-10-36-25-13-21-18(11-24(25)35-3)26(17(15-29)16-30-21)31-22-14-23(34-2)20(28)12-19(22)27;1-2/h11-14,16H,4-10H2,1-3H3,(H,30,31);1H3/q;-1. The highest BCUT2D eigenvalue weighted by Gasteiger charge is 2.17. The number of benzene rings is 2. The van der Waals surface area contributed by atoms with E-state index in [-0.39, 0.29) is 0 Å². The van der Waals surface area contributed by atoms with Crippen LogP contribution in [-0.4, -0.2) is 82.5 Å². The van der Waals surface area contributed by atoms with Gasteiger partial charge in [0.25, 0.3) is 0 Å². The lowest BCUT2D eigenvalue weighted by molar-refractivity contribution is -0.325. The SMILES string of the molecule is COc1cc(Nc2c(C#N)cnc3cc(OCCCN4CCN(C)CC4)c(OC)cc23)c(Cl)cc1Cl.C[O-]. The number of piperazine rings is 1. The minimum Gasteiger partial charge on any atom is -0.857 e. The normalized spacial score (nSPS) is 13.8. The Balaban J connectivity index is 0.00000195. The third kappa shape index (κ3) is 7.10. The van der Waals surface area contributed by atoms with Crippen LogP contribution < -0.4 is 24.6 Å². The molecular formula is C27H32Cl2N5O4-. The number of anilines is 2. The second-order valence-electron chi connectivity index (χ2n) is 8.62. The molecule has 4 rings (SSSR count). The highest BCUT2D eigenvalue weighted by Crippen LogP contribution is 2.40. The molecule has 0 saturated carbocycles. The van der Waals surface area contributed by atoms with Gasteiger partial charge in [-0.15, -0.1) is 0 Å². The largest absolute Gasteiger partial charge is 0.857 e. The number of methoxy groups -OCH3 is 2. The fourth-order valence-corrected chi connectivity index (χ4v) is 4.66. The maximum absolute atomic E-state index is 9.75. The van der Waals surface area contributed by atoms with Crippen molar-refractivity contribution in [3.8, 4) is 23.3 Å². The fraction of sp³-hybridized carbons (Fsp3) is 0.407. The zero-order valence-electron chi connectivity index (χ0n) is 22.0. The molecule has 0 aliphatic carbocycles. The summed E-state index contributed by atoms with van der Waals surface area (Å²) < 4.78 is 17.0. The van der Waals surface area contributed by atoms with Gasteiger partial charge in [0.1, 0.15) is 11.8 Å². The molecule has 9 nitrogen and oxygen atoms in total. The Morgan fingerprint density at radius 2 is 1.71 bits per heavy atom. The molecule has 0 amide bonds. The van der Waals surface area contributed by atoms with Crippen LogP contribution in [0.1, 0.15) is 12.0 Å². The van der Waals surface area contributed by atoms with Crippen molar-refractivity contribution in [1.82, 2.24) is 14.8 Å². The van der Waals surface area contributed by atoms with E-state index in [4.69, 9.17) is 42.5 Å². The molecule has 0 radical (unpaired) electrons. The summed E-state index contributed by atoms with van der Waals surface area (Å²) in [4.78, 5) is 9.28. The Morgan fingerprint density at radius 3 is 2.37 bits per heavy atom. The van der Waals surface area contributed by atoms with E-state index in [1.54, 1.807) is 19.2 Å². The molecule has 2 heterocycles. The summed E-state index contributed by atoms with van der Waals surface area (Å²) >= 11 is 12.6. The Labute approximate surface area is 233 Å². The molecular weight excluding hydrogens is 529 g/mol. The van der Waals surface area contributed by atoms with Gasteiger partial charge in [-0.2, -0.15) is 12.4 Å². The minimum absolute atomic E-state index is 0.357. The first-order chi connectivity index (χ1) is 18.4. The summed E-state index contributed by atoms with van der Waals surface area (Å²) in [6.45, 7) is 5.92. The van der Waals surface area contributed by atoms with Crippen molar-refractivity contribution >= 4 is 45.5 Å². The summed E-state index contributed by atoms with van der Waals surface area (Å²) in [5.41, 5.74) is 2.11. The number of pyridine rings is 1. The van der Waals surface area contributed by atoms with E-state index in [9.17, 15) is 5.26 Å². The van der Waals surface area contributed by atoms with Crippen molar-refractivity contribution in [1.29, 1.82) is 5.26 Å². The number of fused-ring (bicyclic) bond motifs is 1. The first-order valence-electron chi connectivity index (χ1n) is 12.1. The van der Waals surface area contributed by atoms with Gasteiger partial charge < -0.3 is 34.4 Å². The predicted octanol–water partition coefficient (Wildman–Crippen LogP) is 4.17. The highest BCUT2D eigenvalue weighted by molar-refractivity contribution is 6.37. The molecule has 1 aliphatic rings. The number of hydrogen-bond donors (Lipinski definition) is 1. The Morgan fingerprint density at radius 1 is 1.00 bits per heavy atom. The van der Waals surface area contributed by atoms with Crippen LogP contribution in [0, 0.1) is 11.3 Å². The van der Waals surface area contributed by atoms with Crippen LogP contribution >= 0.6 is 23.2 Å². The molecule has 1 N–H and O–H groups in total. The Kier molecular flexibility index (Phi) is 11.1. The van der Waals surface area contributed by atoms with Crippen molar-refractivity contribution in [2.75, 3.05) is 73.0 Å². The first-order valence-corrected chi connectivity index (χ1v) is 12.8. The van der Waals surface area contributed by atoms with Crippen LogP contribution in [0.25, 0.3) is 10.9 Å². The molecule has 3 aromatic rings. The third-order valence-corrected chi connectivity index (χ3v) is 6.86. The van der Waals surface area contributed by atoms with E-state index < -0.39 is 0 Å². The lowest BCUT2D eigenvalue weighted by Crippen LogP contribution is -2.44. The number of nitriles is 1. The van der Waals surface area contributed by atoms with Crippen molar-refractivity contribution in [2.45, 2.75) is 6.42 Å². The number of likely N-dealkylation sites (N-methyl/N-ethyl adjacent to an activating group) is 1. The van der Waals surface area contributed by atoms with Crippen LogP contribution in [0.15, 0.2) is 30.5 Å². The number of aromatic nitrogens is 1. The summed E-state index contributed by atoms with van der Waals surface area (Å²) in [7, 11) is 6.02. The van der Waals surface area contributed by atoms with Crippen molar-refractivity contribution in [2.24, 2.45) is 0 Å². The van der Waals surface area contributed by atoms with Gasteiger partial charge in [-0.25, -0.2) is 0 Å². The summed E-state index contributed by atoms with van der Waals surface area (Å²) in [5.74, 6) is 1.63. The Hall–Kier alpha value is -3.00. The van der Waals surface area contributed by atoms with E-state index >= 15 is 0 Å². The van der Waals surface area contributed by atoms with Gasteiger partial charge in [0.15, 0.2) is 11.5 Å². The number of hydrogen-bond acceptors (Lipinski definition) is 9. The fourth-order valence-electron chi connectivity index (χ4n) is 4.15. The predicted molar refractivity (Wildman–Crippen MR) is 149 cm³/mol. The summed E-state index contributed by atoms with van der Waals surface area (Å²) in [6, 6.07) is 9.12. The van der Waals surface area contributed by atoms with E-state index in [2.05, 4.69) is 33.2 Å². The van der Waals surface area contributed by atoms with Crippen LogP contribution in [-0.2, 0) is 0 Å². The summed E-state index contributed by atoms with van der Waals surface area (Å²) in [5, 5.41) is 22.7. The molecule has 204 valence electrons. The molecule has 1 saturated heterocycles. The number of halogens is 2. The molecule has 1 fully saturated rings. The molecule has 0 bridgehead atoms. The van der Waals surface area contributed by atoms with Gasteiger partial charge in [-0.3, -0.25) is 4.98 Å². The molecule has 0 spiro atoms. The molecule has 0 atom stereocenters. The zero-order chi connectivity index (χ0) is 27.7. The van der Waals surface area contributed by atoms with E-state index in [1.807, 2.05) is 12.1 Å². The third-order valence-electron chi connectivity index (χ3n) is 6.25. The topological polar surface area (TPSA) is 106 Å². The van der Waals surface area contributed by atoms with Crippen molar-refractivity contribution in [3.63, 3.8) is 0 Å². The van der Waals surface area contributed by atoms with Gasteiger partial charge in [-0.1, -0.05) is 23.2 Å².